The molecule has 0 radical (unpaired) electrons. The Morgan fingerprint density at radius 1 is 1.08 bits per heavy atom. The number of nitrogens with one attached hydrogen (secondary N) is 2. The van der Waals surface area contributed by atoms with Crippen LogP contribution in [0.1, 0.15) is 18.4 Å². The number of carbonyl (C=O) groups is 2. The molecule has 126 valence electrons. The molecule has 6 heteroatoms. The third-order valence-electron chi connectivity index (χ3n) is 4.41. The summed E-state index contributed by atoms with van der Waals surface area (Å²) < 4.78 is 5.47. The minimum Gasteiger partial charge on any atom is -0.381 e. The number of thiophene rings is 1. The summed E-state index contributed by atoms with van der Waals surface area (Å²) >= 11 is 1.64. The van der Waals surface area contributed by atoms with Gasteiger partial charge in [0.1, 0.15) is 0 Å². The molecule has 2 N–H and O–H groups in total. The summed E-state index contributed by atoms with van der Waals surface area (Å²) in [5.74, 6) is -1.26. The fourth-order valence-electron chi connectivity index (χ4n) is 2.93. The molecule has 24 heavy (non-hydrogen) atoms. The van der Waals surface area contributed by atoms with Crippen LogP contribution < -0.4 is 10.6 Å². The Balaban J connectivity index is 1.62. The van der Waals surface area contributed by atoms with Crippen LogP contribution in [0.4, 0.5) is 5.69 Å². The van der Waals surface area contributed by atoms with Gasteiger partial charge in [-0.3, -0.25) is 9.59 Å². The molecule has 1 aliphatic rings. The average Bonchev–Trinajstić information content (AvgIpc) is 3.17. The van der Waals surface area contributed by atoms with Gasteiger partial charge in [0.25, 0.3) is 0 Å². The summed E-state index contributed by atoms with van der Waals surface area (Å²) in [6.45, 7) is 1.78. The first kappa shape index (κ1) is 16.7. The highest BCUT2D eigenvalue weighted by molar-refractivity contribution is 7.08. The maximum absolute atomic E-state index is 12.2. The van der Waals surface area contributed by atoms with Crippen LogP contribution in [0.3, 0.4) is 0 Å². The second-order valence-electron chi connectivity index (χ2n) is 5.91. The largest absolute Gasteiger partial charge is 0.381 e. The van der Waals surface area contributed by atoms with E-state index in [0.717, 1.165) is 12.8 Å². The van der Waals surface area contributed by atoms with Gasteiger partial charge in [-0.2, -0.15) is 11.3 Å². The molecule has 1 saturated heterocycles. The van der Waals surface area contributed by atoms with E-state index in [2.05, 4.69) is 22.1 Å². The molecule has 0 saturated carbocycles. The summed E-state index contributed by atoms with van der Waals surface area (Å²) in [5, 5.41) is 9.55. The Kier molecular flexibility index (Phi) is 5.27. The van der Waals surface area contributed by atoms with Crippen LogP contribution in [-0.2, 0) is 19.7 Å². The number of rotatable bonds is 4. The van der Waals surface area contributed by atoms with Crippen molar-refractivity contribution in [3.05, 3.63) is 52.7 Å². The van der Waals surface area contributed by atoms with Crippen molar-refractivity contribution in [1.29, 1.82) is 0 Å². The van der Waals surface area contributed by atoms with E-state index in [4.69, 9.17) is 4.74 Å². The summed E-state index contributed by atoms with van der Waals surface area (Å²) in [5.41, 5.74) is 1.66. The standard InChI is InChI=1S/C18H20N2O3S/c21-16(17(22)20-15-4-2-1-3-5-15)19-13-18(7-9-23-10-8-18)14-6-11-24-12-14/h1-6,11-12H,7-10,13H2,(H,19,21)(H,20,22). The normalized spacial score (nSPS) is 16.3. The maximum Gasteiger partial charge on any atom is 0.313 e. The van der Waals surface area contributed by atoms with Gasteiger partial charge in [0.2, 0.25) is 0 Å². The highest BCUT2D eigenvalue weighted by atomic mass is 32.1. The first-order chi connectivity index (χ1) is 11.7. The Bertz CT molecular complexity index is 680. The third kappa shape index (κ3) is 3.83. The van der Waals surface area contributed by atoms with Crippen molar-refractivity contribution in [2.45, 2.75) is 18.3 Å². The molecule has 0 unspecified atom stereocenters. The van der Waals surface area contributed by atoms with Crippen LogP contribution in [0.2, 0.25) is 0 Å². The van der Waals surface area contributed by atoms with Crippen LogP contribution >= 0.6 is 11.3 Å². The zero-order chi connectivity index (χ0) is 16.8. The Morgan fingerprint density at radius 3 is 2.50 bits per heavy atom. The van der Waals surface area contributed by atoms with Gasteiger partial charge in [-0.15, -0.1) is 0 Å². The van der Waals surface area contributed by atoms with Gasteiger partial charge in [-0.1, -0.05) is 18.2 Å². The smallest absolute Gasteiger partial charge is 0.313 e. The lowest BCUT2D eigenvalue weighted by Gasteiger charge is -2.37. The number of hydrogen-bond donors (Lipinski definition) is 2. The Morgan fingerprint density at radius 2 is 1.83 bits per heavy atom. The predicted molar refractivity (Wildman–Crippen MR) is 94.1 cm³/mol. The molecule has 0 aliphatic carbocycles. The van der Waals surface area contributed by atoms with Crippen molar-refractivity contribution in [3.63, 3.8) is 0 Å². The van der Waals surface area contributed by atoms with Crippen LogP contribution in [0.25, 0.3) is 0 Å². The lowest BCUT2D eigenvalue weighted by atomic mass is 9.75. The first-order valence-electron chi connectivity index (χ1n) is 7.94. The summed E-state index contributed by atoms with van der Waals surface area (Å²) in [6, 6.07) is 11.0. The number of para-hydroxylation sites is 1. The van der Waals surface area contributed by atoms with Crippen molar-refractivity contribution >= 4 is 28.8 Å². The molecule has 2 aromatic rings. The monoisotopic (exact) mass is 344 g/mol. The van der Waals surface area contributed by atoms with Gasteiger partial charge < -0.3 is 15.4 Å². The first-order valence-corrected chi connectivity index (χ1v) is 8.89. The lowest BCUT2D eigenvalue weighted by molar-refractivity contribution is -0.136. The number of hydrogen-bond acceptors (Lipinski definition) is 4. The molecule has 2 amide bonds. The molecule has 0 spiro atoms. The number of benzene rings is 1. The quantitative estimate of drug-likeness (QED) is 0.838. The van der Waals surface area contributed by atoms with Crippen LogP contribution in [0, 0.1) is 0 Å². The van der Waals surface area contributed by atoms with Crippen molar-refractivity contribution < 1.29 is 14.3 Å². The van der Waals surface area contributed by atoms with E-state index >= 15 is 0 Å². The van der Waals surface area contributed by atoms with Crippen LogP contribution in [0.15, 0.2) is 47.2 Å². The highest BCUT2D eigenvalue weighted by Crippen LogP contribution is 2.35. The highest BCUT2D eigenvalue weighted by Gasteiger charge is 2.35. The number of carbonyl (C=O) groups excluding carboxylic acids is 2. The third-order valence-corrected chi connectivity index (χ3v) is 5.09. The van der Waals surface area contributed by atoms with Gasteiger partial charge in [0.05, 0.1) is 0 Å². The van der Waals surface area contributed by atoms with E-state index in [1.54, 1.807) is 35.6 Å². The topological polar surface area (TPSA) is 67.4 Å². The van der Waals surface area contributed by atoms with E-state index in [1.165, 1.54) is 5.56 Å². The molecule has 1 fully saturated rings. The molecule has 0 atom stereocenters. The van der Waals surface area contributed by atoms with Gasteiger partial charge in [-0.05, 0) is 47.4 Å². The van der Waals surface area contributed by atoms with Crippen molar-refractivity contribution in [1.82, 2.24) is 5.32 Å². The average molecular weight is 344 g/mol. The molecule has 1 aromatic carbocycles. The molecule has 1 aromatic heterocycles. The molecule has 2 heterocycles. The molecular weight excluding hydrogens is 324 g/mol. The summed E-state index contributed by atoms with van der Waals surface area (Å²) in [6.07, 6.45) is 1.68. The summed E-state index contributed by atoms with van der Waals surface area (Å²) in [4.78, 5) is 24.2. The molecular formula is C18H20N2O3S. The zero-order valence-corrected chi connectivity index (χ0v) is 14.1. The van der Waals surface area contributed by atoms with Gasteiger partial charge >= 0.3 is 11.8 Å². The molecule has 5 nitrogen and oxygen atoms in total. The lowest BCUT2D eigenvalue weighted by Crippen LogP contribution is -2.47. The fourth-order valence-corrected chi connectivity index (χ4v) is 3.71. The Hall–Kier alpha value is -2.18. The predicted octanol–water partition coefficient (Wildman–Crippen LogP) is 2.55. The second-order valence-corrected chi connectivity index (χ2v) is 6.69. The summed E-state index contributed by atoms with van der Waals surface area (Å²) in [7, 11) is 0. The molecule has 3 rings (SSSR count). The van der Waals surface area contributed by atoms with E-state index in [9.17, 15) is 9.59 Å². The minimum atomic E-state index is -0.645. The second kappa shape index (κ2) is 7.59. The van der Waals surface area contributed by atoms with Gasteiger partial charge in [0, 0.05) is 30.9 Å². The van der Waals surface area contributed by atoms with E-state index in [-0.39, 0.29) is 5.41 Å². The SMILES string of the molecule is O=C(NCC1(c2ccsc2)CCOCC1)C(=O)Nc1ccccc1. The van der Waals surface area contributed by atoms with Crippen molar-refractivity contribution in [3.8, 4) is 0 Å². The number of ether oxygens (including phenoxy) is 1. The number of amides is 2. The van der Waals surface area contributed by atoms with Crippen LogP contribution in [0.5, 0.6) is 0 Å². The Labute approximate surface area is 145 Å². The molecule has 0 bridgehead atoms. The van der Waals surface area contributed by atoms with E-state index in [0.29, 0.717) is 25.4 Å². The fraction of sp³-hybridized carbons (Fsp3) is 0.333. The van der Waals surface area contributed by atoms with Gasteiger partial charge in [-0.25, -0.2) is 0 Å². The minimum absolute atomic E-state index is 0.152. The maximum atomic E-state index is 12.2. The zero-order valence-electron chi connectivity index (χ0n) is 13.3. The van der Waals surface area contributed by atoms with Crippen molar-refractivity contribution in [2.24, 2.45) is 0 Å². The van der Waals surface area contributed by atoms with Gasteiger partial charge in [0.15, 0.2) is 0 Å². The molecule has 1 aliphatic heterocycles. The number of anilines is 1. The van der Waals surface area contributed by atoms with Crippen molar-refractivity contribution in [2.75, 3.05) is 25.1 Å². The van der Waals surface area contributed by atoms with E-state index in [1.807, 2.05) is 11.4 Å². The van der Waals surface area contributed by atoms with Crippen LogP contribution in [-0.4, -0.2) is 31.6 Å². The van der Waals surface area contributed by atoms with E-state index < -0.39 is 11.8 Å².